The van der Waals surface area contributed by atoms with Gasteiger partial charge in [-0.15, -0.1) is 22.8 Å². The van der Waals surface area contributed by atoms with Crippen molar-refractivity contribution < 1.29 is 17.1 Å². The number of amidine groups is 2. The van der Waals surface area contributed by atoms with Gasteiger partial charge in [0, 0.05) is 28.2 Å². The van der Waals surface area contributed by atoms with E-state index < -0.39 is 7.26 Å². The Hall–Kier alpha value is -3.88. The third-order valence-corrected chi connectivity index (χ3v) is 12.1. The molecule has 0 aliphatic carbocycles. The maximum atomic E-state index is 5.81. The minimum atomic E-state index is -2.18. The summed E-state index contributed by atoms with van der Waals surface area (Å²) in [5.74, 6) is 0. The van der Waals surface area contributed by atoms with Crippen molar-refractivity contribution in [3.63, 3.8) is 0 Å². The molecule has 47 heavy (non-hydrogen) atoms. The van der Waals surface area contributed by atoms with Crippen LogP contribution in [-0.4, -0.2) is 35.1 Å². The summed E-state index contributed by atoms with van der Waals surface area (Å²) in [5, 5.41) is 28.5. The molecule has 5 rings (SSSR count). The first-order chi connectivity index (χ1) is 22.5. The Labute approximate surface area is 304 Å². The van der Waals surface area contributed by atoms with Gasteiger partial charge >= 0.3 is 17.1 Å². The third-order valence-electron chi connectivity index (χ3n) is 7.17. The van der Waals surface area contributed by atoms with Crippen molar-refractivity contribution in [1.29, 1.82) is 0 Å². The molecule has 1 radical (unpaired) electrons. The molecule has 239 valence electrons. The van der Waals surface area contributed by atoms with Gasteiger partial charge in [-0.3, -0.25) is 0 Å². The van der Waals surface area contributed by atoms with Crippen molar-refractivity contribution in [2.75, 3.05) is 13.3 Å². The van der Waals surface area contributed by atoms with E-state index in [4.69, 9.17) is 30.4 Å². The van der Waals surface area contributed by atoms with Gasteiger partial charge < -0.3 is 35.9 Å². The number of hydrogen-bond donors (Lipinski definition) is 3. The zero-order chi connectivity index (χ0) is 32.2. The van der Waals surface area contributed by atoms with E-state index >= 15 is 0 Å². The van der Waals surface area contributed by atoms with Crippen LogP contribution in [0.1, 0.15) is 11.1 Å². The van der Waals surface area contributed by atoms with Gasteiger partial charge in [-0.1, -0.05) is 97.1 Å². The van der Waals surface area contributed by atoms with Crippen LogP contribution in [0.15, 0.2) is 171 Å². The van der Waals surface area contributed by atoms with E-state index in [0.717, 1.165) is 16.0 Å². The third kappa shape index (κ3) is 9.14. The van der Waals surface area contributed by atoms with Crippen LogP contribution in [0, 0.1) is 0 Å². The molecule has 0 spiro atoms. The van der Waals surface area contributed by atoms with E-state index in [2.05, 4.69) is 111 Å². The first kappa shape index (κ1) is 36.0. The van der Waals surface area contributed by atoms with E-state index in [9.17, 15) is 0 Å². The Morgan fingerprint density at radius 1 is 0.553 bits per heavy atom. The molecule has 0 heterocycles. The van der Waals surface area contributed by atoms with Crippen molar-refractivity contribution >= 4 is 82.8 Å². The van der Waals surface area contributed by atoms with Gasteiger partial charge in [-0.25, -0.2) is 0 Å². The average molecular weight is 739 g/mol. The first-order valence-electron chi connectivity index (χ1n) is 14.5. The van der Waals surface area contributed by atoms with Crippen LogP contribution in [0.3, 0.4) is 0 Å². The second-order valence-corrected chi connectivity index (χ2v) is 14.8. The van der Waals surface area contributed by atoms with E-state index in [-0.39, 0.29) is 27.4 Å². The summed E-state index contributed by atoms with van der Waals surface area (Å²) in [4.78, 5) is 0.820. The molecule has 0 unspecified atom stereocenters. The molecule has 0 fully saturated rings. The van der Waals surface area contributed by atoms with Crippen LogP contribution in [0.4, 0.5) is 0 Å². The van der Waals surface area contributed by atoms with Gasteiger partial charge in [-0.2, -0.15) is 10.2 Å². The topological polar surface area (TPSA) is 73.5 Å². The van der Waals surface area contributed by atoms with Crippen LogP contribution < -0.4 is 26.5 Å². The molecular formula is C36H32CuN6PS3+. The molecule has 0 saturated carbocycles. The van der Waals surface area contributed by atoms with E-state index in [1.54, 1.807) is 7.05 Å². The monoisotopic (exact) mass is 738 g/mol. The van der Waals surface area contributed by atoms with Gasteiger partial charge in [-0.05, 0) is 53.7 Å². The zero-order valence-electron chi connectivity index (χ0n) is 25.4. The molecule has 0 bridgehead atoms. The summed E-state index contributed by atoms with van der Waals surface area (Å²) in [6.07, 6.45) is 0.555. The van der Waals surface area contributed by atoms with E-state index in [1.165, 1.54) is 15.9 Å². The molecule has 0 aromatic heterocycles. The van der Waals surface area contributed by atoms with Gasteiger partial charge in [0.15, 0.2) is 0 Å². The van der Waals surface area contributed by atoms with Crippen molar-refractivity contribution in [3.8, 4) is 0 Å². The molecule has 6 nitrogen and oxygen atoms in total. The fourth-order valence-corrected chi connectivity index (χ4v) is 9.21. The molecular weight excluding hydrogens is 707 g/mol. The van der Waals surface area contributed by atoms with E-state index in [0.29, 0.717) is 17.7 Å². The maximum Gasteiger partial charge on any atom is 2.00 e. The van der Waals surface area contributed by atoms with Crippen LogP contribution in [0.2, 0.25) is 0 Å². The molecule has 2 N–H and O–H groups in total. The van der Waals surface area contributed by atoms with Gasteiger partial charge in [0.25, 0.3) is 0 Å². The Kier molecular flexibility index (Phi) is 13.7. The van der Waals surface area contributed by atoms with Crippen molar-refractivity contribution in [3.05, 3.63) is 157 Å². The van der Waals surface area contributed by atoms with Crippen LogP contribution in [-0.2, 0) is 42.3 Å². The summed E-state index contributed by atoms with van der Waals surface area (Å²) in [6.45, 7) is 0. The van der Waals surface area contributed by atoms with Crippen LogP contribution >= 0.6 is 19.9 Å². The number of rotatable bonds is 10. The summed E-state index contributed by atoms with van der Waals surface area (Å²) < 4.78 is 0. The van der Waals surface area contributed by atoms with Crippen molar-refractivity contribution in [2.24, 2.45) is 20.4 Å². The van der Waals surface area contributed by atoms with Crippen LogP contribution in [0.25, 0.3) is 0 Å². The fourth-order valence-electron chi connectivity index (χ4n) is 4.93. The number of thiol groups is 1. The summed E-state index contributed by atoms with van der Waals surface area (Å²) in [6, 6.07) is 49.1. The van der Waals surface area contributed by atoms with Gasteiger partial charge in [0.2, 0.25) is 0 Å². The van der Waals surface area contributed by atoms with Gasteiger partial charge in [0.05, 0.1) is 0 Å². The molecule has 0 saturated heterocycles. The Morgan fingerprint density at radius 3 is 1.36 bits per heavy atom. The quantitative estimate of drug-likeness (QED) is 0.0330. The van der Waals surface area contributed by atoms with Gasteiger partial charge in [0.1, 0.15) is 40.9 Å². The second kappa shape index (κ2) is 17.9. The average Bonchev–Trinajstić information content (AvgIpc) is 3.12. The van der Waals surface area contributed by atoms with Crippen LogP contribution in [0.5, 0.6) is 0 Å². The predicted molar refractivity (Wildman–Crippen MR) is 205 cm³/mol. The fraction of sp³-hybridized carbons (Fsp3) is 0.0556. The second-order valence-electron chi connectivity index (χ2n) is 10.0. The number of nitrogens with zero attached hydrogens (tertiary/aromatic N) is 4. The number of nitrogens with one attached hydrogen (secondary N) is 2. The molecule has 5 aromatic rings. The Bertz CT molecular complexity index is 1740. The SMILES string of the molecule is CN/C([S-])=N/N=C(/C(=N/N=C(\[S-])NC[P+](c1ccccc1)(c1ccccc1)c1ccccc1)c1ccccc1)c1ccc(S)cc1.[Cu+2]. The molecule has 0 aliphatic rings. The van der Waals surface area contributed by atoms with Crippen molar-refractivity contribution in [2.45, 2.75) is 4.90 Å². The predicted octanol–water partition coefficient (Wildman–Crippen LogP) is 5.65. The van der Waals surface area contributed by atoms with E-state index in [1.807, 2.05) is 72.8 Å². The summed E-state index contributed by atoms with van der Waals surface area (Å²) >= 11 is 15.5. The maximum absolute atomic E-state index is 5.81. The summed E-state index contributed by atoms with van der Waals surface area (Å²) in [5.41, 5.74) is 2.56. The molecule has 0 amide bonds. The summed E-state index contributed by atoms with van der Waals surface area (Å²) in [7, 11) is -0.484. The molecule has 11 heteroatoms. The largest absolute Gasteiger partial charge is 2.00 e. The zero-order valence-corrected chi connectivity index (χ0v) is 29.7. The number of hydrogen-bond acceptors (Lipinski definition) is 7. The minimum absolute atomic E-state index is 0. The molecule has 5 aromatic carbocycles. The Balaban J connectivity index is 0.00000500. The smallest absolute Gasteiger partial charge is 0.741 e. The normalized spacial score (nSPS) is 12.6. The molecule has 0 atom stereocenters. The Morgan fingerprint density at radius 2 is 0.936 bits per heavy atom. The van der Waals surface area contributed by atoms with Crippen molar-refractivity contribution in [1.82, 2.24) is 10.6 Å². The minimum Gasteiger partial charge on any atom is -0.741 e. The molecule has 0 aliphatic heterocycles. The number of benzene rings is 5. The first-order valence-corrected chi connectivity index (χ1v) is 17.7. The standard InChI is InChI=1S/C36H33N6PS3.Cu/c1-37-35(45)41-39-34(28-22-24-32(44)25-23-28)33(27-14-6-2-7-15-27)40-42-36(46)38-26-43(29-16-8-3-9-17-29,30-18-10-4-11-19-30)31-20-12-5-13-21-31;/h2-25H,26H2,1H3,(H4-,37,38,39,40,41,42,44,45,46);/q;+2/p-1.